The third-order valence-electron chi connectivity index (χ3n) is 2.89. The fraction of sp³-hybridized carbons (Fsp3) is 0.417. The van der Waals surface area contributed by atoms with E-state index in [2.05, 4.69) is 9.97 Å². The zero-order valence-corrected chi connectivity index (χ0v) is 9.22. The van der Waals surface area contributed by atoms with Crippen molar-refractivity contribution in [2.75, 3.05) is 6.61 Å². The second-order valence-corrected chi connectivity index (χ2v) is 3.92. The molecule has 0 bridgehead atoms. The van der Waals surface area contributed by atoms with Gasteiger partial charge in [-0.2, -0.15) is 0 Å². The lowest BCUT2D eigenvalue weighted by molar-refractivity contribution is 0.101. The van der Waals surface area contributed by atoms with Gasteiger partial charge in [-0.3, -0.25) is 0 Å². The van der Waals surface area contributed by atoms with Crippen LogP contribution in [0.3, 0.4) is 0 Å². The highest BCUT2D eigenvalue weighted by Crippen LogP contribution is 2.21. The minimum absolute atomic E-state index is 0.0891. The number of rotatable bonds is 4. The molecule has 0 spiro atoms. The molecule has 2 heterocycles. The van der Waals surface area contributed by atoms with Gasteiger partial charge in [-0.05, 0) is 24.6 Å². The second kappa shape index (κ2) is 4.63. The summed E-state index contributed by atoms with van der Waals surface area (Å²) < 4.78 is 0. The molecule has 0 aromatic carbocycles. The maximum atomic E-state index is 9.78. The molecule has 0 aliphatic rings. The Hall–Kier alpha value is -1.39. The largest absolute Gasteiger partial charge is 0.396 e. The third-order valence-corrected chi connectivity index (χ3v) is 2.89. The summed E-state index contributed by atoms with van der Waals surface area (Å²) in [5.74, 6) is -0.308. The fourth-order valence-electron chi connectivity index (χ4n) is 1.85. The van der Waals surface area contributed by atoms with Crippen molar-refractivity contribution in [2.45, 2.75) is 25.4 Å². The number of hydrogen-bond acceptors (Lipinski definition) is 3. The zero-order valence-electron chi connectivity index (χ0n) is 9.22. The van der Waals surface area contributed by atoms with Crippen LogP contribution in [0.4, 0.5) is 0 Å². The molecule has 2 unspecified atom stereocenters. The maximum absolute atomic E-state index is 9.78. The Balaban J connectivity index is 2.36. The smallest absolute Gasteiger partial charge is 0.137 e. The van der Waals surface area contributed by atoms with Gasteiger partial charge in [0.05, 0.1) is 24.3 Å². The second-order valence-electron chi connectivity index (χ2n) is 3.92. The lowest BCUT2D eigenvalue weighted by Gasteiger charge is -2.18. The predicted octanol–water partition coefficient (Wildman–Crippen LogP) is 1.41. The molecule has 4 heteroatoms. The van der Waals surface area contributed by atoms with Crippen LogP contribution in [0.25, 0.3) is 11.0 Å². The molecule has 0 aliphatic heterocycles. The topological polar surface area (TPSA) is 69.1 Å². The van der Waals surface area contributed by atoms with E-state index in [1.165, 1.54) is 0 Å². The Morgan fingerprint density at radius 3 is 2.88 bits per heavy atom. The summed E-state index contributed by atoms with van der Waals surface area (Å²) in [5.41, 5.74) is 1.52. The molecule has 2 aromatic heterocycles. The molecule has 86 valence electrons. The molecular formula is C12H16N2O2. The first-order chi connectivity index (χ1) is 7.76. The maximum Gasteiger partial charge on any atom is 0.137 e. The third kappa shape index (κ3) is 1.94. The van der Waals surface area contributed by atoms with Crippen molar-refractivity contribution in [3.63, 3.8) is 0 Å². The van der Waals surface area contributed by atoms with E-state index in [9.17, 15) is 10.2 Å². The van der Waals surface area contributed by atoms with Crippen molar-refractivity contribution in [3.8, 4) is 0 Å². The Morgan fingerprint density at radius 2 is 2.19 bits per heavy atom. The SMILES string of the molecule is CCC(O)C(CO)c1ccc2cc[nH]c2n1. The molecule has 0 saturated heterocycles. The lowest BCUT2D eigenvalue weighted by Crippen LogP contribution is -2.21. The van der Waals surface area contributed by atoms with Crippen LogP contribution >= 0.6 is 0 Å². The van der Waals surface area contributed by atoms with Gasteiger partial charge in [0.2, 0.25) is 0 Å². The average molecular weight is 220 g/mol. The van der Waals surface area contributed by atoms with Crippen molar-refractivity contribution >= 4 is 11.0 Å². The molecule has 2 atom stereocenters. The van der Waals surface area contributed by atoms with Gasteiger partial charge in [0.25, 0.3) is 0 Å². The van der Waals surface area contributed by atoms with Crippen LogP contribution < -0.4 is 0 Å². The number of pyridine rings is 1. The monoisotopic (exact) mass is 220 g/mol. The molecule has 4 nitrogen and oxygen atoms in total. The number of H-pyrrole nitrogens is 1. The van der Waals surface area contributed by atoms with Gasteiger partial charge >= 0.3 is 0 Å². The highest BCUT2D eigenvalue weighted by atomic mass is 16.3. The van der Waals surface area contributed by atoms with Gasteiger partial charge in [0.1, 0.15) is 5.65 Å². The van der Waals surface area contributed by atoms with E-state index in [1.54, 1.807) is 0 Å². The summed E-state index contributed by atoms with van der Waals surface area (Å²) in [6.45, 7) is 1.80. The number of hydrogen-bond donors (Lipinski definition) is 3. The molecule has 16 heavy (non-hydrogen) atoms. The Labute approximate surface area is 94.0 Å². The number of aliphatic hydroxyl groups excluding tert-OH is 2. The summed E-state index contributed by atoms with van der Waals surface area (Å²) in [4.78, 5) is 7.42. The summed E-state index contributed by atoms with van der Waals surface area (Å²) in [6, 6.07) is 5.74. The number of nitrogens with zero attached hydrogens (tertiary/aromatic N) is 1. The predicted molar refractivity (Wildman–Crippen MR) is 62.2 cm³/mol. The van der Waals surface area contributed by atoms with Crippen LogP contribution in [0.15, 0.2) is 24.4 Å². The quantitative estimate of drug-likeness (QED) is 0.729. The van der Waals surface area contributed by atoms with Gasteiger partial charge in [-0.1, -0.05) is 6.92 Å². The van der Waals surface area contributed by atoms with E-state index in [0.717, 1.165) is 16.7 Å². The summed E-state index contributed by atoms with van der Waals surface area (Å²) in [7, 11) is 0. The van der Waals surface area contributed by atoms with E-state index in [1.807, 2.05) is 31.3 Å². The van der Waals surface area contributed by atoms with Crippen LogP contribution in [0.1, 0.15) is 25.0 Å². The molecule has 3 N–H and O–H groups in total. The Kier molecular flexibility index (Phi) is 3.22. The van der Waals surface area contributed by atoms with Crippen LogP contribution in [0.5, 0.6) is 0 Å². The number of nitrogens with one attached hydrogen (secondary N) is 1. The van der Waals surface area contributed by atoms with Crippen molar-refractivity contribution in [3.05, 3.63) is 30.1 Å². The molecule has 2 aromatic rings. The van der Waals surface area contributed by atoms with E-state index in [4.69, 9.17) is 0 Å². The fourth-order valence-corrected chi connectivity index (χ4v) is 1.85. The van der Waals surface area contributed by atoms with Crippen LogP contribution in [0, 0.1) is 0 Å². The first-order valence-electron chi connectivity index (χ1n) is 5.49. The van der Waals surface area contributed by atoms with E-state index in [0.29, 0.717) is 6.42 Å². The summed E-state index contributed by atoms with van der Waals surface area (Å²) >= 11 is 0. The molecule has 0 radical (unpaired) electrons. The van der Waals surface area contributed by atoms with Gasteiger partial charge in [0, 0.05) is 11.6 Å². The average Bonchev–Trinajstić information content (AvgIpc) is 2.77. The number of aliphatic hydroxyl groups is 2. The normalized spacial score (nSPS) is 15.2. The van der Waals surface area contributed by atoms with E-state index >= 15 is 0 Å². The highest BCUT2D eigenvalue weighted by Gasteiger charge is 2.20. The first kappa shape index (κ1) is 11.1. The number of aromatic nitrogens is 2. The van der Waals surface area contributed by atoms with Crippen molar-refractivity contribution in [1.82, 2.24) is 9.97 Å². The molecule has 0 amide bonds. The lowest BCUT2D eigenvalue weighted by atomic mass is 9.97. The van der Waals surface area contributed by atoms with Gasteiger partial charge in [-0.25, -0.2) is 4.98 Å². The number of aromatic amines is 1. The van der Waals surface area contributed by atoms with Gasteiger partial charge in [-0.15, -0.1) is 0 Å². The minimum Gasteiger partial charge on any atom is -0.396 e. The van der Waals surface area contributed by atoms with Crippen LogP contribution in [0.2, 0.25) is 0 Å². The Bertz CT molecular complexity index is 467. The summed E-state index contributed by atoms with van der Waals surface area (Å²) in [6.07, 6.45) is 1.88. The number of fused-ring (bicyclic) bond motifs is 1. The Morgan fingerprint density at radius 1 is 1.38 bits per heavy atom. The van der Waals surface area contributed by atoms with Crippen molar-refractivity contribution < 1.29 is 10.2 Å². The van der Waals surface area contributed by atoms with Gasteiger partial charge in [0.15, 0.2) is 0 Å². The molecule has 0 aliphatic carbocycles. The standard InChI is InChI=1S/C12H16N2O2/c1-2-11(16)9(7-15)10-4-3-8-5-6-13-12(8)14-10/h3-6,9,11,15-16H,2,7H2,1H3,(H,13,14). The highest BCUT2D eigenvalue weighted by molar-refractivity contribution is 5.75. The first-order valence-corrected chi connectivity index (χ1v) is 5.49. The molecule has 0 saturated carbocycles. The van der Waals surface area contributed by atoms with E-state index in [-0.39, 0.29) is 12.5 Å². The molecule has 0 fully saturated rings. The molecule has 2 rings (SSSR count). The van der Waals surface area contributed by atoms with Crippen LogP contribution in [-0.4, -0.2) is 32.9 Å². The van der Waals surface area contributed by atoms with Gasteiger partial charge < -0.3 is 15.2 Å². The zero-order chi connectivity index (χ0) is 11.5. The summed E-state index contributed by atoms with van der Waals surface area (Å²) in [5, 5.41) is 20.1. The molecular weight excluding hydrogens is 204 g/mol. The minimum atomic E-state index is -0.551. The van der Waals surface area contributed by atoms with Crippen molar-refractivity contribution in [2.24, 2.45) is 0 Å². The van der Waals surface area contributed by atoms with Crippen molar-refractivity contribution in [1.29, 1.82) is 0 Å². The van der Waals surface area contributed by atoms with E-state index < -0.39 is 6.10 Å². The van der Waals surface area contributed by atoms with Crippen LogP contribution in [-0.2, 0) is 0 Å².